The van der Waals surface area contributed by atoms with Gasteiger partial charge in [0.15, 0.2) is 0 Å². The van der Waals surface area contributed by atoms with Gasteiger partial charge in [-0.25, -0.2) is 0 Å². The van der Waals surface area contributed by atoms with E-state index < -0.39 is 4.92 Å². The number of hydrogen-bond donors (Lipinski definition) is 1. The largest absolute Gasteiger partial charge is 0.376 e. The molecule has 1 aromatic rings. The third-order valence-corrected chi connectivity index (χ3v) is 4.07. The van der Waals surface area contributed by atoms with Crippen molar-refractivity contribution < 1.29 is 4.92 Å². The maximum Gasteiger partial charge on any atom is 0.334 e. The molecule has 0 bridgehead atoms. The van der Waals surface area contributed by atoms with Gasteiger partial charge in [0.1, 0.15) is 5.70 Å². The van der Waals surface area contributed by atoms with Gasteiger partial charge in [0.2, 0.25) is 0 Å². The summed E-state index contributed by atoms with van der Waals surface area (Å²) in [6.45, 7) is 0. The Morgan fingerprint density at radius 3 is 2.42 bits per heavy atom. The van der Waals surface area contributed by atoms with Crippen LogP contribution in [0.15, 0.2) is 34.9 Å². The second-order valence-electron chi connectivity index (χ2n) is 4.77. The molecule has 0 aromatic heterocycles. The molecule has 0 spiro atoms. The Morgan fingerprint density at radius 2 is 1.84 bits per heavy atom. The lowest BCUT2D eigenvalue weighted by Crippen LogP contribution is -2.30. The second-order valence-corrected chi connectivity index (χ2v) is 5.52. The highest BCUT2D eigenvalue weighted by Crippen LogP contribution is 2.25. The molecule has 1 aromatic carbocycles. The van der Waals surface area contributed by atoms with E-state index in [9.17, 15) is 10.1 Å². The van der Waals surface area contributed by atoms with E-state index in [1.165, 1.54) is 19.3 Å². The molecule has 0 saturated heterocycles. The van der Waals surface area contributed by atoms with Crippen LogP contribution in [-0.4, -0.2) is 11.0 Å². The molecular formula is C14H17BrN2O2. The van der Waals surface area contributed by atoms with Crippen molar-refractivity contribution in [3.63, 3.8) is 0 Å². The summed E-state index contributed by atoms with van der Waals surface area (Å²) in [5, 5.41) is 14.4. The van der Waals surface area contributed by atoms with Crippen LogP contribution in [0.5, 0.6) is 0 Å². The van der Waals surface area contributed by atoms with Crippen molar-refractivity contribution >= 4 is 21.6 Å². The normalized spacial score (nSPS) is 17.7. The Bertz CT molecular complexity index is 468. The first-order chi connectivity index (χ1) is 9.18. The third-order valence-electron chi connectivity index (χ3n) is 3.38. The van der Waals surface area contributed by atoms with E-state index in [0.29, 0.717) is 11.7 Å². The SMILES string of the molecule is O=[N+]([O-])/C(Br)=C(\NC1CCCCC1)c1ccccc1. The van der Waals surface area contributed by atoms with Gasteiger partial charge in [0, 0.05) is 27.5 Å². The summed E-state index contributed by atoms with van der Waals surface area (Å²) in [5.74, 6) is 0. The topological polar surface area (TPSA) is 55.2 Å². The minimum absolute atomic E-state index is 0.00396. The Kier molecular flexibility index (Phi) is 4.96. The molecule has 0 unspecified atom stereocenters. The highest BCUT2D eigenvalue weighted by Gasteiger charge is 2.21. The molecule has 0 radical (unpaired) electrons. The molecule has 5 heteroatoms. The molecule has 2 rings (SSSR count). The minimum atomic E-state index is -0.391. The summed E-state index contributed by atoms with van der Waals surface area (Å²) >= 11 is 3.09. The number of hydrogen-bond acceptors (Lipinski definition) is 3. The molecule has 1 N–H and O–H groups in total. The average molecular weight is 325 g/mol. The van der Waals surface area contributed by atoms with Crippen molar-refractivity contribution in [3.8, 4) is 0 Å². The number of rotatable bonds is 4. The Morgan fingerprint density at radius 1 is 1.21 bits per heavy atom. The number of nitro groups is 1. The predicted octanol–water partition coefficient (Wildman–Crippen LogP) is 3.91. The van der Waals surface area contributed by atoms with Crippen LogP contribution >= 0.6 is 15.9 Å². The summed E-state index contributed by atoms with van der Waals surface area (Å²) in [6, 6.07) is 9.78. The molecule has 1 aliphatic rings. The fraction of sp³-hybridized carbons (Fsp3) is 0.429. The van der Waals surface area contributed by atoms with E-state index in [1.807, 2.05) is 30.3 Å². The van der Waals surface area contributed by atoms with Crippen LogP contribution in [0.25, 0.3) is 5.70 Å². The van der Waals surface area contributed by atoms with E-state index in [2.05, 4.69) is 21.2 Å². The van der Waals surface area contributed by atoms with Crippen LogP contribution in [0.2, 0.25) is 0 Å². The summed E-state index contributed by atoms with van der Waals surface area (Å²) in [6.07, 6.45) is 5.80. The number of benzene rings is 1. The maximum absolute atomic E-state index is 11.0. The number of halogens is 1. The lowest BCUT2D eigenvalue weighted by atomic mass is 9.95. The molecule has 1 saturated carbocycles. The number of nitrogens with zero attached hydrogens (tertiary/aromatic N) is 1. The van der Waals surface area contributed by atoms with Crippen molar-refractivity contribution in [1.29, 1.82) is 0 Å². The zero-order chi connectivity index (χ0) is 13.7. The lowest BCUT2D eigenvalue weighted by molar-refractivity contribution is -0.408. The quantitative estimate of drug-likeness (QED) is 0.519. The van der Waals surface area contributed by atoms with Crippen LogP contribution in [-0.2, 0) is 0 Å². The Hall–Kier alpha value is -1.36. The smallest absolute Gasteiger partial charge is 0.334 e. The summed E-state index contributed by atoms with van der Waals surface area (Å²) in [5.41, 5.74) is 1.43. The van der Waals surface area contributed by atoms with Crippen molar-refractivity contribution in [2.75, 3.05) is 0 Å². The molecule has 0 heterocycles. The van der Waals surface area contributed by atoms with Gasteiger partial charge in [0.25, 0.3) is 0 Å². The van der Waals surface area contributed by atoms with Crippen LogP contribution in [0.3, 0.4) is 0 Å². The predicted molar refractivity (Wildman–Crippen MR) is 79.3 cm³/mol. The van der Waals surface area contributed by atoms with Gasteiger partial charge in [-0.2, -0.15) is 0 Å². The zero-order valence-corrected chi connectivity index (χ0v) is 12.2. The zero-order valence-electron chi connectivity index (χ0n) is 10.6. The van der Waals surface area contributed by atoms with Crippen molar-refractivity contribution in [1.82, 2.24) is 5.32 Å². The van der Waals surface area contributed by atoms with Gasteiger partial charge in [0.05, 0.1) is 4.92 Å². The highest BCUT2D eigenvalue weighted by molar-refractivity contribution is 9.11. The van der Waals surface area contributed by atoms with Gasteiger partial charge in [-0.3, -0.25) is 10.1 Å². The van der Waals surface area contributed by atoms with Crippen LogP contribution in [0.1, 0.15) is 37.7 Å². The summed E-state index contributed by atoms with van der Waals surface area (Å²) in [4.78, 5) is 10.6. The second kappa shape index (κ2) is 6.70. The van der Waals surface area contributed by atoms with E-state index in [1.54, 1.807) is 0 Å². The molecular weight excluding hydrogens is 308 g/mol. The first-order valence-electron chi connectivity index (χ1n) is 6.54. The lowest BCUT2D eigenvalue weighted by Gasteiger charge is -2.24. The maximum atomic E-state index is 11.0. The van der Waals surface area contributed by atoms with Crippen LogP contribution in [0.4, 0.5) is 0 Å². The van der Waals surface area contributed by atoms with E-state index in [4.69, 9.17) is 0 Å². The van der Waals surface area contributed by atoms with Crippen LogP contribution in [0, 0.1) is 10.1 Å². The molecule has 4 nitrogen and oxygen atoms in total. The number of nitrogens with one attached hydrogen (secondary N) is 1. The first kappa shape index (κ1) is 14.1. The average Bonchev–Trinajstić information content (AvgIpc) is 2.46. The molecule has 0 amide bonds. The molecule has 102 valence electrons. The first-order valence-corrected chi connectivity index (χ1v) is 7.34. The Balaban J connectivity index is 2.25. The van der Waals surface area contributed by atoms with Crippen molar-refractivity contribution in [2.45, 2.75) is 38.1 Å². The van der Waals surface area contributed by atoms with Gasteiger partial charge < -0.3 is 5.32 Å². The summed E-state index contributed by atoms with van der Waals surface area (Å²) in [7, 11) is 0. The highest BCUT2D eigenvalue weighted by atomic mass is 79.9. The van der Waals surface area contributed by atoms with Gasteiger partial charge in [-0.1, -0.05) is 49.6 Å². The summed E-state index contributed by atoms with van der Waals surface area (Å²) < 4.78 is 0.00396. The van der Waals surface area contributed by atoms with Gasteiger partial charge >= 0.3 is 4.61 Å². The monoisotopic (exact) mass is 324 g/mol. The third kappa shape index (κ3) is 3.80. The minimum Gasteiger partial charge on any atom is -0.376 e. The molecule has 1 fully saturated rings. The Labute approximate surface area is 121 Å². The molecule has 19 heavy (non-hydrogen) atoms. The molecule has 1 aliphatic carbocycles. The van der Waals surface area contributed by atoms with Gasteiger partial charge in [-0.05, 0) is 12.8 Å². The fourth-order valence-electron chi connectivity index (χ4n) is 2.41. The molecule has 0 atom stereocenters. The van der Waals surface area contributed by atoms with E-state index in [-0.39, 0.29) is 4.61 Å². The van der Waals surface area contributed by atoms with Gasteiger partial charge in [-0.15, -0.1) is 0 Å². The van der Waals surface area contributed by atoms with E-state index >= 15 is 0 Å². The van der Waals surface area contributed by atoms with Crippen molar-refractivity contribution in [3.05, 3.63) is 50.6 Å². The van der Waals surface area contributed by atoms with Crippen LogP contribution < -0.4 is 5.32 Å². The molecule has 0 aliphatic heterocycles. The van der Waals surface area contributed by atoms with E-state index in [0.717, 1.165) is 18.4 Å². The standard InChI is InChI=1S/C14H17BrN2O2/c15-14(17(18)19)13(11-7-3-1-4-8-11)16-12-9-5-2-6-10-12/h1,3-4,7-8,12,16H,2,5-6,9-10H2/b14-13-. The fourth-order valence-corrected chi connectivity index (χ4v) is 2.75. The van der Waals surface area contributed by atoms with Crippen molar-refractivity contribution in [2.24, 2.45) is 0 Å².